The number of hydrogen-bond donors (Lipinski definition) is 1. The second-order valence-electron chi connectivity index (χ2n) is 4.17. The number of benzene rings is 1. The summed E-state index contributed by atoms with van der Waals surface area (Å²) in [5.41, 5.74) is 7.28. The molecule has 1 fully saturated rings. The van der Waals surface area contributed by atoms with Gasteiger partial charge in [0, 0.05) is 19.2 Å². The third-order valence-corrected chi connectivity index (χ3v) is 3.61. The molecule has 17 heavy (non-hydrogen) atoms. The van der Waals surface area contributed by atoms with Gasteiger partial charge < -0.3 is 15.4 Å². The average molecular weight is 303 g/mol. The van der Waals surface area contributed by atoms with Crippen LogP contribution in [0, 0.1) is 5.82 Å². The lowest BCUT2D eigenvalue weighted by Crippen LogP contribution is -2.42. The molecule has 0 spiro atoms. The fraction of sp³-hybridized carbons (Fsp3) is 0.500. The van der Waals surface area contributed by atoms with Crippen molar-refractivity contribution in [3.05, 3.63) is 22.4 Å². The standard InChI is InChI=1S/C12H16BrFN2O/c1-2-8-7-16(3-4-17-8)12-6-10(14)9(13)5-11(12)15/h5-6,8H,2-4,7,15H2,1H3. The van der Waals surface area contributed by atoms with Gasteiger partial charge in [-0.05, 0) is 28.4 Å². The molecule has 1 aromatic rings. The van der Waals surface area contributed by atoms with E-state index >= 15 is 0 Å². The van der Waals surface area contributed by atoms with Crippen LogP contribution in [-0.2, 0) is 4.74 Å². The van der Waals surface area contributed by atoms with Crippen molar-refractivity contribution in [2.24, 2.45) is 0 Å². The maximum absolute atomic E-state index is 13.5. The molecule has 0 radical (unpaired) electrons. The number of ether oxygens (including phenoxy) is 1. The number of anilines is 2. The SMILES string of the molecule is CCC1CN(c2cc(F)c(Br)cc2N)CCO1. The van der Waals surface area contributed by atoms with E-state index < -0.39 is 0 Å². The van der Waals surface area contributed by atoms with E-state index in [-0.39, 0.29) is 11.9 Å². The lowest BCUT2D eigenvalue weighted by Gasteiger charge is -2.34. The van der Waals surface area contributed by atoms with Crippen molar-refractivity contribution < 1.29 is 9.13 Å². The van der Waals surface area contributed by atoms with Crippen molar-refractivity contribution in [3.8, 4) is 0 Å². The summed E-state index contributed by atoms with van der Waals surface area (Å²) < 4.78 is 19.5. The van der Waals surface area contributed by atoms with Crippen LogP contribution in [0.1, 0.15) is 13.3 Å². The summed E-state index contributed by atoms with van der Waals surface area (Å²) in [6.07, 6.45) is 1.16. The highest BCUT2D eigenvalue weighted by atomic mass is 79.9. The van der Waals surface area contributed by atoms with Crippen LogP contribution in [0.3, 0.4) is 0 Å². The molecule has 1 atom stereocenters. The Labute approximate surface area is 109 Å². The zero-order valence-corrected chi connectivity index (χ0v) is 11.3. The van der Waals surface area contributed by atoms with Crippen molar-refractivity contribution in [1.82, 2.24) is 0 Å². The van der Waals surface area contributed by atoms with Crippen LogP contribution in [0.5, 0.6) is 0 Å². The first-order valence-electron chi connectivity index (χ1n) is 5.73. The molecule has 0 bridgehead atoms. The molecule has 3 nitrogen and oxygen atoms in total. The van der Waals surface area contributed by atoms with Gasteiger partial charge in [-0.15, -0.1) is 0 Å². The molecule has 5 heteroatoms. The molecule has 1 saturated heterocycles. The molecular formula is C12H16BrFN2O. The average Bonchev–Trinajstić information content (AvgIpc) is 2.34. The first-order chi connectivity index (χ1) is 8.11. The van der Waals surface area contributed by atoms with Crippen molar-refractivity contribution in [2.45, 2.75) is 19.4 Å². The molecular weight excluding hydrogens is 287 g/mol. The molecule has 2 rings (SSSR count). The minimum absolute atomic E-state index is 0.204. The van der Waals surface area contributed by atoms with Crippen LogP contribution >= 0.6 is 15.9 Å². The molecule has 0 aliphatic carbocycles. The lowest BCUT2D eigenvalue weighted by molar-refractivity contribution is 0.0384. The van der Waals surface area contributed by atoms with Crippen LogP contribution < -0.4 is 10.6 Å². The predicted octanol–water partition coefficient (Wildman–Crippen LogP) is 2.79. The van der Waals surface area contributed by atoms with Crippen molar-refractivity contribution in [1.29, 1.82) is 0 Å². The van der Waals surface area contributed by atoms with Crippen LogP contribution in [0.15, 0.2) is 16.6 Å². The number of halogens is 2. The second-order valence-corrected chi connectivity index (χ2v) is 5.03. The van der Waals surface area contributed by atoms with Gasteiger partial charge in [-0.25, -0.2) is 4.39 Å². The van der Waals surface area contributed by atoms with E-state index in [1.54, 1.807) is 6.07 Å². The maximum atomic E-state index is 13.5. The second kappa shape index (κ2) is 5.23. The van der Waals surface area contributed by atoms with E-state index in [1.165, 1.54) is 6.07 Å². The Bertz CT molecular complexity index is 414. The fourth-order valence-corrected chi connectivity index (χ4v) is 2.37. The van der Waals surface area contributed by atoms with E-state index in [2.05, 4.69) is 27.8 Å². The normalized spacial score (nSPS) is 20.6. The highest BCUT2D eigenvalue weighted by Crippen LogP contribution is 2.30. The number of rotatable bonds is 2. The third-order valence-electron chi connectivity index (χ3n) is 3.00. The lowest BCUT2D eigenvalue weighted by atomic mass is 10.2. The quantitative estimate of drug-likeness (QED) is 0.854. The van der Waals surface area contributed by atoms with E-state index in [4.69, 9.17) is 10.5 Å². The number of nitrogens with two attached hydrogens (primary N) is 1. The summed E-state index contributed by atoms with van der Waals surface area (Å²) in [6, 6.07) is 3.10. The molecule has 2 N–H and O–H groups in total. The monoisotopic (exact) mass is 302 g/mol. The van der Waals surface area contributed by atoms with E-state index in [0.29, 0.717) is 16.8 Å². The number of morpholine rings is 1. The Morgan fingerprint density at radius 1 is 1.59 bits per heavy atom. The summed E-state index contributed by atoms with van der Waals surface area (Å²) in [6.45, 7) is 4.26. The summed E-state index contributed by atoms with van der Waals surface area (Å²) in [5, 5.41) is 0. The van der Waals surface area contributed by atoms with Crippen LogP contribution in [0.2, 0.25) is 0 Å². The third kappa shape index (κ3) is 2.72. The molecule has 0 aromatic heterocycles. The van der Waals surface area contributed by atoms with E-state index in [1.807, 2.05) is 0 Å². The molecule has 94 valence electrons. The van der Waals surface area contributed by atoms with Gasteiger partial charge in [0.05, 0.1) is 28.6 Å². The zero-order valence-electron chi connectivity index (χ0n) is 9.75. The Morgan fingerprint density at radius 3 is 3.06 bits per heavy atom. The van der Waals surface area contributed by atoms with Gasteiger partial charge in [-0.3, -0.25) is 0 Å². The fourth-order valence-electron chi connectivity index (χ4n) is 2.01. The van der Waals surface area contributed by atoms with Crippen molar-refractivity contribution in [2.75, 3.05) is 30.3 Å². The highest BCUT2D eigenvalue weighted by Gasteiger charge is 2.21. The minimum atomic E-state index is -0.284. The van der Waals surface area contributed by atoms with Crippen LogP contribution in [0.4, 0.5) is 15.8 Å². The van der Waals surface area contributed by atoms with Crippen molar-refractivity contribution in [3.63, 3.8) is 0 Å². The topological polar surface area (TPSA) is 38.5 Å². The van der Waals surface area contributed by atoms with Gasteiger partial charge in [0.1, 0.15) is 5.82 Å². The van der Waals surface area contributed by atoms with Gasteiger partial charge in [0.25, 0.3) is 0 Å². The van der Waals surface area contributed by atoms with Gasteiger partial charge in [-0.1, -0.05) is 6.92 Å². The first kappa shape index (κ1) is 12.6. The Kier molecular flexibility index (Phi) is 3.89. The number of nitrogen functional groups attached to an aromatic ring is 1. The molecule has 1 aliphatic rings. The smallest absolute Gasteiger partial charge is 0.139 e. The van der Waals surface area contributed by atoms with Crippen LogP contribution in [0.25, 0.3) is 0 Å². The van der Waals surface area contributed by atoms with Gasteiger partial charge in [0.15, 0.2) is 0 Å². The van der Waals surface area contributed by atoms with E-state index in [0.717, 1.165) is 25.2 Å². The summed E-state index contributed by atoms with van der Waals surface area (Å²) in [5.74, 6) is -0.284. The number of nitrogens with zero attached hydrogens (tertiary/aromatic N) is 1. The minimum Gasteiger partial charge on any atom is -0.397 e. The predicted molar refractivity (Wildman–Crippen MR) is 70.8 cm³/mol. The van der Waals surface area contributed by atoms with Gasteiger partial charge in [0.2, 0.25) is 0 Å². The highest BCUT2D eigenvalue weighted by molar-refractivity contribution is 9.10. The number of hydrogen-bond acceptors (Lipinski definition) is 3. The molecule has 1 heterocycles. The van der Waals surface area contributed by atoms with Crippen LogP contribution in [-0.4, -0.2) is 25.8 Å². The summed E-state index contributed by atoms with van der Waals surface area (Å²) >= 11 is 3.13. The Hall–Kier alpha value is -0.810. The Morgan fingerprint density at radius 2 is 2.35 bits per heavy atom. The Balaban J connectivity index is 2.24. The molecule has 1 aromatic carbocycles. The zero-order chi connectivity index (χ0) is 12.4. The van der Waals surface area contributed by atoms with Gasteiger partial charge >= 0.3 is 0 Å². The first-order valence-corrected chi connectivity index (χ1v) is 6.52. The largest absolute Gasteiger partial charge is 0.397 e. The molecule has 1 aliphatic heterocycles. The van der Waals surface area contributed by atoms with Gasteiger partial charge in [-0.2, -0.15) is 0 Å². The summed E-state index contributed by atoms with van der Waals surface area (Å²) in [7, 11) is 0. The molecule has 0 amide bonds. The molecule has 1 unspecified atom stereocenters. The summed E-state index contributed by atoms with van der Waals surface area (Å²) in [4.78, 5) is 2.09. The van der Waals surface area contributed by atoms with E-state index in [9.17, 15) is 4.39 Å². The maximum Gasteiger partial charge on any atom is 0.139 e. The molecule has 0 saturated carbocycles. The van der Waals surface area contributed by atoms with Crippen molar-refractivity contribution >= 4 is 27.3 Å².